The number of rotatable bonds is 14. The van der Waals surface area contributed by atoms with Gasteiger partial charge in [0.25, 0.3) is 40.0 Å². The second-order valence-corrected chi connectivity index (χ2v) is 18.4. The van der Waals surface area contributed by atoms with E-state index in [9.17, 15) is 0 Å². The van der Waals surface area contributed by atoms with Crippen molar-refractivity contribution in [3.63, 3.8) is 0 Å². The summed E-state index contributed by atoms with van der Waals surface area (Å²) in [5, 5.41) is 0. The molecule has 1 fully saturated rings. The molecule has 1 aliphatic heterocycles. The average Bonchev–Trinajstić information content (AvgIpc) is 2.64. The van der Waals surface area contributed by atoms with Crippen molar-refractivity contribution in [2.24, 2.45) is 0 Å². The maximum absolute atomic E-state index is 6.07. The van der Waals surface area contributed by atoms with E-state index in [1.165, 1.54) is 83.5 Å². The van der Waals surface area contributed by atoms with Gasteiger partial charge in [0.15, 0.2) is 0 Å². The van der Waals surface area contributed by atoms with Gasteiger partial charge in [-0.25, -0.2) is 0 Å². The molecule has 1 heterocycles. The molecule has 156 valence electrons. The van der Waals surface area contributed by atoms with Gasteiger partial charge in [-0.2, -0.15) is 0 Å². The SMILES string of the molecule is CCCCCCCCCCCCCCC[Si]1(C)O[SiH2]O[SiH2]O[SiH2]O[SiH2]O1. The average molecular weight is 455 g/mol. The Bertz CT molecular complexity index is 305. The number of hydrogen-bond acceptors (Lipinski definition) is 5. The van der Waals surface area contributed by atoms with Crippen molar-refractivity contribution < 1.29 is 20.6 Å². The molecule has 0 unspecified atom stereocenters. The minimum atomic E-state index is -2.01. The van der Waals surface area contributed by atoms with Crippen molar-refractivity contribution in [1.82, 2.24) is 0 Å². The lowest BCUT2D eigenvalue weighted by molar-refractivity contribution is 0.313. The lowest BCUT2D eigenvalue weighted by Crippen LogP contribution is -2.43. The molecule has 0 saturated carbocycles. The maximum Gasteiger partial charge on any atom is 0.316 e. The van der Waals surface area contributed by atoms with E-state index >= 15 is 0 Å². The van der Waals surface area contributed by atoms with Gasteiger partial charge in [0.05, 0.1) is 0 Å². The Kier molecular flexibility index (Phi) is 17.2. The van der Waals surface area contributed by atoms with E-state index in [0.29, 0.717) is 0 Å². The molecule has 0 aliphatic carbocycles. The molecule has 0 amide bonds. The first-order chi connectivity index (χ1) is 12.8. The maximum atomic E-state index is 6.07. The largest absolute Gasteiger partial charge is 0.425 e. The zero-order valence-corrected chi connectivity index (χ0v) is 23.9. The molecule has 0 spiro atoms. The van der Waals surface area contributed by atoms with Gasteiger partial charge < -0.3 is 20.6 Å². The van der Waals surface area contributed by atoms with Crippen LogP contribution in [0.25, 0.3) is 0 Å². The van der Waals surface area contributed by atoms with Gasteiger partial charge in [-0.1, -0.05) is 90.4 Å². The molecular weight excluding hydrogens is 413 g/mol. The Morgan fingerprint density at radius 3 is 1.38 bits per heavy atom. The van der Waals surface area contributed by atoms with Crippen LogP contribution < -0.4 is 0 Å². The fourth-order valence-corrected chi connectivity index (χ4v) is 14.4. The zero-order valence-electron chi connectivity index (χ0n) is 17.3. The monoisotopic (exact) mass is 454 g/mol. The molecule has 10 heteroatoms. The molecule has 1 aliphatic rings. The molecule has 0 aromatic heterocycles. The zero-order chi connectivity index (χ0) is 18.8. The molecule has 0 atom stereocenters. The van der Waals surface area contributed by atoms with E-state index in [1.807, 2.05) is 0 Å². The Hall–Kier alpha value is 0.884. The van der Waals surface area contributed by atoms with Gasteiger partial charge in [-0.3, -0.25) is 0 Å². The van der Waals surface area contributed by atoms with E-state index in [0.717, 1.165) is 6.04 Å². The van der Waals surface area contributed by atoms with Gasteiger partial charge in [0, 0.05) is 0 Å². The molecule has 5 nitrogen and oxygen atoms in total. The first-order valence-corrected chi connectivity index (χ1v) is 17.9. The van der Waals surface area contributed by atoms with Crippen LogP contribution in [-0.2, 0) is 20.6 Å². The molecule has 0 radical (unpaired) electrons. The molecule has 26 heavy (non-hydrogen) atoms. The number of hydrogen-bond donors (Lipinski definition) is 0. The van der Waals surface area contributed by atoms with Crippen LogP contribution in [0.5, 0.6) is 0 Å². The van der Waals surface area contributed by atoms with Crippen molar-refractivity contribution in [1.29, 1.82) is 0 Å². The van der Waals surface area contributed by atoms with Crippen molar-refractivity contribution >= 4 is 48.6 Å². The topological polar surface area (TPSA) is 46.2 Å². The lowest BCUT2D eigenvalue weighted by atomic mass is 10.1. The van der Waals surface area contributed by atoms with Crippen LogP contribution in [-0.4, -0.2) is 48.6 Å². The molecular formula is C16H42O5Si5. The highest BCUT2D eigenvalue weighted by atomic mass is 28.5. The van der Waals surface area contributed by atoms with E-state index < -0.39 is 48.6 Å². The van der Waals surface area contributed by atoms with E-state index in [2.05, 4.69) is 13.5 Å². The third kappa shape index (κ3) is 14.9. The first kappa shape index (κ1) is 24.9. The van der Waals surface area contributed by atoms with Gasteiger partial charge in [0.1, 0.15) is 0 Å². The summed E-state index contributed by atoms with van der Waals surface area (Å²) < 4.78 is 28.7. The van der Waals surface area contributed by atoms with Crippen LogP contribution in [0, 0.1) is 0 Å². The van der Waals surface area contributed by atoms with Crippen molar-refractivity contribution in [3.8, 4) is 0 Å². The highest BCUT2D eigenvalue weighted by Gasteiger charge is 2.30. The lowest BCUT2D eigenvalue weighted by Gasteiger charge is -2.28. The van der Waals surface area contributed by atoms with Crippen molar-refractivity contribution in [2.45, 2.75) is 103 Å². The number of unbranched alkanes of at least 4 members (excludes halogenated alkanes) is 12. The van der Waals surface area contributed by atoms with Gasteiger partial charge in [-0.05, 0) is 12.6 Å². The predicted molar refractivity (Wildman–Crippen MR) is 122 cm³/mol. The summed E-state index contributed by atoms with van der Waals surface area (Å²) in [5.41, 5.74) is 0. The summed E-state index contributed by atoms with van der Waals surface area (Å²) in [6.07, 6.45) is 18.1. The molecule has 0 N–H and O–H groups in total. The first-order valence-electron chi connectivity index (χ1n) is 10.8. The Balaban J connectivity index is 1.92. The van der Waals surface area contributed by atoms with E-state index in [4.69, 9.17) is 20.6 Å². The van der Waals surface area contributed by atoms with E-state index in [1.54, 1.807) is 0 Å². The molecule has 1 saturated heterocycles. The highest BCUT2D eigenvalue weighted by molar-refractivity contribution is 6.74. The second kappa shape index (κ2) is 17.9. The minimum absolute atomic E-state index is 0.818. The molecule has 0 bridgehead atoms. The predicted octanol–water partition coefficient (Wildman–Crippen LogP) is 2.24. The summed E-state index contributed by atoms with van der Waals surface area (Å²) in [6.45, 7) is 4.49. The summed E-state index contributed by atoms with van der Waals surface area (Å²) in [6, 6.07) is 1.10. The molecule has 0 aromatic rings. The highest BCUT2D eigenvalue weighted by Crippen LogP contribution is 2.19. The van der Waals surface area contributed by atoms with Crippen LogP contribution in [0.1, 0.15) is 90.4 Å². The fraction of sp³-hybridized carbons (Fsp3) is 1.00. The second-order valence-electron chi connectivity index (χ2n) is 7.50. The van der Waals surface area contributed by atoms with E-state index in [-0.39, 0.29) is 0 Å². The standard InChI is InChI=1S/C16H42O5Si5/c1-3-4-5-6-7-8-9-10-11-12-13-14-15-16-26(2)20-24-18-22-17-23-19-25-21-26/h3-16,22-25H2,1-2H3. The van der Waals surface area contributed by atoms with Gasteiger partial charge >= 0.3 is 8.56 Å². The van der Waals surface area contributed by atoms with Crippen molar-refractivity contribution in [3.05, 3.63) is 0 Å². The summed E-state index contributed by atoms with van der Waals surface area (Å²) in [7, 11) is -5.43. The summed E-state index contributed by atoms with van der Waals surface area (Å²) >= 11 is 0. The van der Waals surface area contributed by atoms with Crippen molar-refractivity contribution in [2.75, 3.05) is 0 Å². The summed E-state index contributed by atoms with van der Waals surface area (Å²) in [5.74, 6) is 0. The van der Waals surface area contributed by atoms with Crippen LogP contribution in [0.15, 0.2) is 0 Å². The smallest absolute Gasteiger partial charge is 0.316 e. The third-order valence-corrected chi connectivity index (χ3v) is 16.1. The molecule has 0 aromatic carbocycles. The van der Waals surface area contributed by atoms with Crippen LogP contribution in [0.2, 0.25) is 12.6 Å². The van der Waals surface area contributed by atoms with Crippen LogP contribution >= 0.6 is 0 Å². The Morgan fingerprint density at radius 1 is 0.538 bits per heavy atom. The van der Waals surface area contributed by atoms with Gasteiger partial charge in [-0.15, -0.1) is 0 Å². The Morgan fingerprint density at radius 2 is 0.923 bits per heavy atom. The van der Waals surface area contributed by atoms with Gasteiger partial charge in [0.2, 0.25) is 0 Å². The van der Waals surface area contributed by atoms with Crippen LogP contribution in [0.4, 0.5) is 0 Å². The normalized spacial score (nSPS) is 26.1. The minimum Gasteiger partial charge on any atom is -0.425 e. The fourth-order valence-electron chi connectivity index (χ4n) is 3.20. The van der Waals surface area contributed by atoms with Crippen LogP contribution in [0.3, 0.4) is 0 Å². The Labute approximate surface area is 172 Å². The molecule has 1 rings (SSSR count). The summed E-state index contributed by atoms with van der Waals surface area (Å²) in [4.78, 5) is 0. The third-order valence-electron chi connectivity index (χ3n) is 4.96. The quantitative estimate of drug-likeness (QED) is 0.297.